The van der Waals surface area contributed by atoms with Gasteiger partial charge in [-0.05, 0) is 13.8 Å². The lowest BCUT2D eigenvalue weighted by molar-refractivity contribution is -0.212. The van der Waals surface area contributed by atoms with Crippen LogP contribution in [-0.2, 0) is 17.5 Å². The number of carbonyl (C=O) groups excluding carboxylic acids is 1. The third-order valence-electron chi connectivity index (χ3n) is 1.70. The third kappa shape index (κ3) is 2.34. The summed E-state index contributed by atoms with van der Waals surface area (Å²) in [6.07, 6.45) is -3.68. The van der Waals surface area contributed by atoms with Crippen LogP contribution in [0, 0.1) is 6.92 Å². The monoisotopic (exact) mass is 206 g/mol. The molecule has 0 aliphatic carbocycles. The summed E-state index contributed by atoms with van der Waals surface area (Å²) in [7, 11) is 0. The van der Waals surface area contributed by atoms with Crippen LogP contribution in [0.4, 0.5) is 13.2 Å². The fourth-order valence-electron chi connectivity index (χ4n) is 1.07. The lowest BCUT2D eigenvalue weighted by atomic mass is 10.1. The van der Waals surface area contributed by atoms with Gasteiger partial charge in [0, 0.05) is 18.2 Å². The Bertz CT molecular complexity index is 354. The molecule has 0 N–H and O–H groups in total. The second-order valence-corrected chi connectivity index (χ2v) is 3.03. The van der Waals surface area contributed by atoms with Crippen molar-refractivity contribution in [2.24, 2.45) is 0 Å². The van der Waals surface area contributed by atoms with Crippen molar-refractivity contribution < 1.29 is 18.0 Å². The van der Waals surface area contributed by atoms with E-state index in [0.717, 1.165) is 6.20 Å². The van der Waals surface area contributed by atoms with E-state index in [4.69, 9.17) is 0 Å². The first-order valence-electron chi connectivity index (χ1n) is 3.92. The van der Waals surface area contributed by atoms with Crippen LogP contribution in [0.2, 0.25) is 0 Å². The van der Waals surface area contributed by atoms with Gasteiger partial charge in [0.25, 0.3) is 0 Å². The van der Waals surface area contributed by atoms with Crippen LogP contribution in [0.15, 0.2) is 6.20 Å². The molecule has 1 aromatic rings. The van der Waals surface area contributed by atoms with Crippen LogP contribution in [0.3, 0.4) is 0 Å². The molecule has 0 aromatic carbocycles. The van der Waals surface area contributed by atoms with Gasteiger partial charge >= 0.3 is 6.30 Å². The molecule has 0 saturated carbocycles. The summed E-state index contributed by atoms with van der Waals surface area (Å²) in [5, 5.41) is 3.27. The van der Waals surface area contributed by atoms with Crippen molar-refractivity contribution >= 4 is 5.78 Å². The van der Waals surface area contributed by atoms with E-state index < -0.39 is 6.30 Å². The highest BCUT2D eigenvalue weighted by atomic mass is 19.4. The predicted molar refractivity (Wildman–Crippen MR) is 42.6 cm³/mol. The SMILES string of the molecule is CC(=O)Cc1cn(C(F)(F)F)nc1C. The van der Waals surface area contributed by atoms with E-state index in [0.29, 0.717) is 5.56 Å². The number of aryl methyl sites for hydroxylation is 1. The van der Waals surface area contributed by atoms with Crippen molar-refractivity contribution in [1.82, 2.24) is 9.78 Å². The van der Waals surface area contributed by atoms with E-state index in [1.165, 1.54) is 13.8 Å². The molecule has 3 nitrogen and oxygen atoms in total. The van der Waals surface area contributed by atoms with Gasteiger partial charge in [-0.2, -0.15) is 9.78 Å². The Morgan fingerprint density at radius 2 is 2.14 bits per heavy atom. The molecular formula is C8H9F3N2O. The minimum atomic E-state index is -4.51. The predicted octanol–water partition coefficient (Wildman–Crippen LogP) is 1.80. The smallest absolute Gasteiger partial charge is 0.300 e. The topological polar surface area (TPSA) is 34.9 Å². The molecule has 1 rings (SSSR count). The van der Waals surface area contributed by atoms with Gasteiger partial charge in [-0.3, -0.25) is 4.79 Å². The maximum Gasteiger partial charge on any atom is 0.504 e. The number of carbonyl (C=O) groups is 1. The Kier molecular flexibility index (Phi) is 2.64. The molecule has 0 saturated heterocycles. The third-order valence-corrected chi connectivity index (χ3v) is 1.70. The number of aromatic nitrogens is 2. The van der Waals surface area contributed by atoms with Gasteiger partial charge < -0.3 is 0 Å². The van der Waals surface area contributed by atoms with Crippen molar-refractivity contribution in [1.29, 1.82) is 0 Å². The molecule has 0 atom stereocenters. The molecule has 0 fully saturated rings. The van der Waals surface area contributed by atoms with Crippen LogP contribution in [-0.4, -0.2) is 15.6 Å². The lowest BCUT2D eigenvalue weighted by Crippen LogP contribution is -2.17. The quantitative estimate of drug-likeness (QED) is 0.739. The van der Waals surface area contributed by atoms with E-state index in [1.807, 2.05) is 0 Å². The highest BCUT2D eigenvalue weighted by Crippen LogP contribution is 2.22. The molecule has 0 amide bonds. The molecular weight excluding hydrogens is 197 g/mol. The van der Waals surface area contributed by atoms with Gasteiger partial charge in [0.05, 0.1) is 5.69 Å². The maximum absolute atomic E-state index is 12.1. The van der Waals surface area contributed by atoms with E-state index in [1.54, 1.807) is 0 Å². The summed E-state index contributed by atoms with van der Waals surface area (Å²) in [6.45, 7) is 2.77. The summed E-state index contributed by atoms with van der Waals surface area (Å²) in [5.74, 6) is -0.185. The van der Waals surface area contributed by atoms with Gasteiger partial charge in [0.15, 0.2) is 0 Å². The molecule has 0 aliphatic heterocycles. The minimum Gasteiger partial charge on any atom is -0.300 e. The molecule has 0 aliphatic rings. The summed E-state index contributed by atoms with van der Waals surface area (Å²) in [4.78, 5) is 10.7. The zero-order valence-corrected chi connectivity index (χ0v) is 7.72. The average Bonchev–Trinajstić information content (AvgIpc) is 2.30. The highest BCUT2D eigenvalue weighted by Gasteiger charge is 2.32. The summed E-state index contributed by atoms with van der Waals surface area (Å²) >= 11 is 0. The number of hydrogen-bond donors (Lipinski definition) is 0. The van der Waals surface area contributed by atoms with E-state index in [9.17, 15) is 18.0 Å². The number of Topliss-reactive ketones (excluding diaryl/α,β-unsaturated/α-hetero) is 1. The van der Waals surface area contributed by atoms with Crippen LogP contribution in [0.5, 0.6) is 0 Å². The van der Waals surface area contributed by atoms with Gasteiger partial charge in [0.1, 0.15) is 5.78 Å². The van der Waals surface area contributed by atoms with Gasteiger partial charge in [-0.25, -0.2) is 0 Å². The van der Waals surface area contributed by atoms with Crippen molar-refractivity contribution in [3.05, 3.63) is 17.5 Å². The fraction of sp³-hybridized carbons (Fsp3) is 0.500. The highest BCUT2D eigenvalue weighted by molar-refractivity contribution is 5.78. The normalized spacial score (nSPS) is 11.8. The standard InChI is InChI=1S/C8H9F3N2O/c1-5(14)3-7-4-13(8(9,10)11)12-6(7)2/h4H,3H2,1-2H3. The van der Waals surface area contributed by atoms with Crippen LogP contribution in [0.1, 0.15) is 18.2 Å². The average molecular weight is 206 g/mol. The Morgan fingerprint density at radius 3 is 2.50 bits per heavy atom. The number of ketones is 1. The molecule has 1 aromatic heterocycles. The molecule has 0 radical (unpaired) electrons. The van der Waals surface area contributed by atoms with E-state index >= 15 is 0 Å². The van der Waals surface area contributed by atoms with Gasteiger partial charge in [-0.15, -0.1) is 13.2 Å². The zero-order valence-electron chi connectivity index (χ0n) is 7.72. The van der Waals surface area contributed by atoms with Crippen LogP contribution >= 0.6 is 0 Å². The molecule has 14 heavy (non-hydrogen) atoms. The van der Waals surface area contributed by atoms with Crippen molar-refractivity contribution in [3.8, 4) is 0 Å². The molecule has 0 bridgehead atoms. The lowest BCUT2D eigenvalue weighted by Gasteiger charge is -2.03. The number of alkyl halides is 3. The summed E-state index contributed by atoms with van der Waals surface area (Å²) in [6, 6.07) is 0. The van der Waals surface area contributed by atoms with E-state index in [2.05, 4.69) is 5.10 Å². The molecule has 78 valence electrons. The Labute approximate surface area is 78.5 Å². The maximum atomic E-state index is 12.1. The first kappa shape index (κ1) is 10.7. The Morgan fingerprint density at radius 1 is 1.57 bits per heavy atom. The zero-order chi connectivity index (χ0) is 10.9. The van der Waals surface area contributed by atoms with Crippen LogP contribution in [0.25, 0.3) is 0 Å². The second-order valence-electron chi connectivity index (χ2n) is 3.03. The molecule has 0 unspecified atom stereocenters. The minimum absolute atomic E-state index is 0.0120. The largest absolute Gasteiger partial charge is 0.504 e. The molecule has 1 heterocycles. The summed E-state index contributed by atoms with van der Waals surface area (Å²) < 4.78 is 36.3. The Hall–Kier alpha value is -1.33. The number of hydrogen-bond acceptors (Lipinski definition) is 2. The van der Waals surface area contributed by atoms with Gasteiger partial charge in [-0.1, -0.05) is 0 Å². The second kappa shape index (κ2) is 3.43. The van der Waals surface area contributed by atoms with Crippen molar-refractivity contribution in [2.75, 3.05) is 0 Å². The number of nitrogens with zero attached hydrogens (tertiary/aromatic N) is 2. The molecule has 6 heteroatoms. The first-order valence-corrected chi connectivity index (χ1v) is 3.92. The number of rotatable bonds is 2. The van der Waals surface area contributed by atoms with Crippen molar-refractivity contribution in [3.63, 3.8) is 0 Å². The first-order chi connectivity index (χ1) is 6.30. The fourth-order valence-corrected chi connectivity index (χ4v) is 1.07. The van der Waals surface area contributed by atoms with Crippen LogP contribution < -0.4 is 0 Å². The van der Waals surface area contributed by atoms with E-state index in [-0.39, 0.29) is 22.6 Å². The number of halogens is 3. The van der Waals surface area contributed by atoms with Gasteiger partial charge in [0.2, 0.25) is 0 Å². The molecule has 0 spiro atoms. The summed E-state index contributed by atoms with van der Waals surface area (Å²) in [5.41, 5.74) is 0.548. The van der Waals surface area contributed by atoms with Crippen molar-refractivity contribution in [2.45, 2.75) is 26.6 Å². The Balaban J connectivity index is 2.99.